The first-order valence-corrected chi connectivity index (χ1v) is 5.25. The summed E-state index contributed by atoms with van der Waals surface area (Å²) in [7, 11) is 0. The average Bonchev–Trinajstić information content (AvgIpc) is 2.17. The van der Waals surface area contributed by atoms with E-state index in [1.165, 1.54) is 12.1 Å². The Kier molecular flexibility index (Phi) is 4.38. The van der Waals surface area contributed by atoms with E-state index in [1.54, 1.807) is 13.8 Å². The van der Waals surface area contributed by atoms with Crippen LogP contribution < -0.4 is 5.32 Å². The minimum atomic E-state index is -0.833. The van der Waals surface area contributed by atoms with Crippen molar-refractivity contribution in [1.29, 1.82) is 0 Å². The fourth-order valence-electron chi connectivity index (χ4n) is 1.28. The average molecular weight is 229 g/mol. The van der Waals surface area contributed by atoms with Crippen molar-refractivity contribution in [3.05, 3.63) is 35.4 Å². The highest BCUT2D eigenvalue weighted by Crippen LogP contribution is 2.09. The Bertz CT molecular complexity index is 347. The van der Waals surface area contributed by atoms with E-state index in [-0.39, 0.29) is 0 Å². The molecule has 1 aromatic rings. The zero-order valence-corrected chi connectivity index (χ0v) is 9.56. The largest absolute Gasteiger partial charge is 0.390 e. The van der Waals surface area contributed by atoms with Crippen LogP contribution in [0.4, 0.5) is 8.78 Å². The zero-order valence-electron chi connectivity index (χ0n) is 9.56. The molecule has 0 heterocycles. The molecule has 2 nitrogen and oxygen atoms in total. The standard InChI is InChI=1S/C12H17F2NO/c1-12(2,16)5-6-15-8-9-3-4-10(13)11(14)7-9/h3-4,7,15-16H,5-6,8H2,1-2H3. The SMILES string of the molecule is CC(C)(O)CCNCc1ccc(F)c(F)c1. The lowest BCUT2D eigenvalue weighted by atomic mass is 10.1. The molecule has 1 aromatic carbocycles. The summed E-state index contributed by atoms with van der Waals surface area (Å²) in [6.45, 7) is 4.55. The topological polar surface area (TPSA) is 32.3 Å². The maximum Gasteiger partial charge on any atom is 0.159 e. The summed E-state index contributed by atoms with van der Waals surface area (Å²) < 4.78 is 25.4. The summed E-state index contributed by atoms with van der Waals surface area (Å²) in [5, 5.41) is 12.5. The van der Waals surface area contributed by atoms with Gasteiger partial charge in [0.15, 0.2) is 11.6 Å². The second-order valence-electron chi connectivity index (χ2n) is 4.49. The van der Waals surface area contributed by atoms with Gasteiger partial charge in [-0.15, -0.1) is 0 Å². The fraction of sp³-hybridized carbons (Fsp3) is 0.500. The lowest BCUT2D eigenvalue weighted by Crippen LogP contribution is -2.26. The van der Waals surface area contributed by atoms with Crippen molar-refractivity contribution in [3.63, 3.8) is 0 Å². The first-order valence-electron chi connectivity index (χ1n) is 5.25. The van der Waals surface area contributed by atoms with E-state index in [2.05, 4.69) is 5.32 Å². The third kappa shape index (κ3) is 4.68. The molecule has 0 fully saturated rings. The fourth-order valence-corrected chi connectivity index (χ4v) is 1.28. The minimum absolute atomic E-state index is 0.466. The van der Waals surface area contributed by atoms with Crippen LogP contribution in [-0.4, -0.2) is 17.3 Å². The van der Waals surface area contributed by atoms with E-state index in [0.717, 1.165) is 6.07 Å². The van der Waals surface area contributed by atoms with Crippen molar-refractivity contribution in [2.24, 2.45) is 0 Å². The lowest BCUT2D eigenvalue weighted by Gasteiger charge is -2.16. The second-order valence-corrected chi connectivity index (χ2v) is 4.49. The summed E-state index contributed by atoms with van der Waals surface area (Å²) in [4.78, 5) is 0. The molecule has 0 unspecified atom stereocenters. The van der Waals surface area contributed by atoms with Crippen molar-refractivity contribution in [1.82, 2.24) is 5.32 Å². The molecule has 0 amide bonds. The number of halogens is 2. The summed E-state index contributed by atoms with van der Waals surface area (Å²) in [5.74, 6) is -1.66. The van der Waals surface area contributed by atoms with Crippen molar-refractivity contribution in [2.75, 3.05) is 6.54 Å². The van der Waals surface area contributed by atoms with E-state index in [1.807, 2.05) is 0 Å². The van der Waals surface area contributed by atoms with E-state index in [0.29, 0.717) is 25.1 Å². The van der Waals surface area contributed by atoms with Crippen molar-refractivity contribution < 1.29 is 13.9 Å². The Morgan fingerprint density at radius 2 is 1.94 bits per heavy atom. The van der Waals surface area contributed by atoms with Crippen LogP contribution in [0.15, 0.2) is 18.2 Å². The van der Waals surface area contributed by atoms with Crippen LogP contribution in [0.25, 0.3) is 0 Å². The van der Waals surface area contributed by atoms with E-state index in [4.69, 9.17) is 0 Å². The molecule has 2 N–H and O–H groups in total. The van der Waals surface area contributed by atoms with Gasteiger partial charge in [0.05, 0.1) is 5.60 Å². The van der Waals surface area contributed by atoms with Crippen LogP contribution in [0, 0.1) is 11.6 Å². The van der Waals surface area contributed by atoms with Crippen molar-refractivity contribution in [2.45, 2.75) is 32.4 Å². The normalized spacial score (nSPS) is 11.8. The first kappa shape index (κ1) is 13.1. The second kappa shape index (κ2) is 5.37. The van der Waals surface area contributed by atoms with Crippen LogP contribution in [0.3, 0.4) is 0 Å². The highest BCUT2D eigenvalue weighted by atomic mass is 19.2. The molecule has 1 rings (SSSR count). The molecular formula is C12H17F2NO. The molecule has 0 radical (unpaired) electrons. The van der Waals surface area contributed by atoms with Gasteiger partial charge in [-0.25, -0.2) is 8.78 Å². The molecule has 0 spiro atoms. The van der Waals surface area contributed by atoms with Crippen molar-refractivity contribution >= 4 is 0 Å². The van der Waals surface area contributed by atoms with Gasteiger partial charge in [0.25, 0.3) is 0 Å². The monoisotopic (exact) mass is 229 g/mol. The molecule has 90 valence electrons. The Hall–Kier alpha value is -1.00. The minimum Gasteiger partial charge on any atom is -0.390 e. The molecule has 0 aliphatic rings. The number of benzene rings is 1. The number of nitrogens with one attached hydrogen (secondary N) is 1. The van der Waals surface area contributed by atoms with Gasteiger partial charge >= 0.3 is 0 Å². The zero-order chi connectivity index (χ0) is 12.2. The third-order valence-electron chi connectivity index (χ3n) is 2.23. The molecule has 0 atom stereocenters. The number of aliphatic hydroxyl groups is 1. The maximum atomic E-state index is 12.8. The van der Waals surface area contributed by atoms with Gasteiger partial charge in [-0.05, 0) is 44.5 Å². The van der Waals surface area contributed by atoms with Gasteiger partial charge in [-0.2, -0.15) is 0 Å². The van der Waals surface area contributed by atoms with Crippen LogP contribution in [-0.2, 0) is 6.54 Å². The first-order chi connectivity index (χ1) is 7.38. The Labute approximate surface area is 94.3 Å². The van der Waals surface area contributed by atoms with E-state index >= 15 is 0 Å². The molecule has 0 aliphatic carbocycles. The van der Waals surface area contributed by atoms with Gasteiger partial charge in [-0.3, -0.25) is 0 Å². The molecule has 0 saturated heterocycles. The van der Waals surface area contributed by atoms with Crippen LogP contribution in [0.5, 0.6) is 0 Å². The molecule has 0 aliphatic heterocycles. The van der Waals surface area contributed by atoms with E-state index < -0.39 is 17.2 Å². The quantitative estimate of drug-likeness (QED) is 0.759. The summed E-state index contributed by atoms with van der Waals surface area (Å²) in [6.07, 6.45) is 0.608. The van der Waals surface area contributed by atoms with E-state index in [9.17, 15) is 13.9 Å². The van der Waals surface area contributed by atoms with Crippen LogP contribution >= 0.6 is 0 Å². The van der Waals surface area contributed by atoms with Gasteiger partial charge in [0, 0.05) is 6.54 Å². The van der Waals surface area contributed by atoms with Crippen LogP contribution in [0.1, 0.15) is 25.8 Å². The molecule has 16 heavy (non-hydrogen) atoms. The molecule has 0 aromatic heterocycles. The smallest absolute Gasteiger partial charge is 0.159 e. The third-order valence-corrected chi connectivity index (χ3v) is 2.23. The molecule has 4 heteroatoms. The highest BCUT2D eigenvalue weighted by Gasteiger charge is 2.11. The van der Waals surface area contributed by atoms with Gasteiger partial charge < -0.3 is 10.4 Å². The predicted octanol–water partition coefficient (Wildman–Crippen LogP) is 2.22. The molecular weight excluding hydrogens is 212 g/mol. The molecule has 0 bridgehead atoms. The Morgan fingerprint density at radius 1 is 1.25 bits per heavy atom. The van der Waals surface area contributed by atoms with Gasteiger partial charge in [-0.1, -0.05) is 6.07 Å². The Balaban J connectivity index is 2.35. The highest BCUT2D eigenvalue weighted by molar-refractivity contribution is 5.17. The summed E-state index contributed by atoms with van der Waals surface area (Å²) in [6, 6.07) is 3.82. The number of hydrogen-bond acceptors (Lipinski definition) is 2. The molecule has 0 saturated carbocycles. The maximum absolute atomic E-state index is 12.8. The number of rotatable bonds is 5. The summed E-state index contributed by atoms with van der Waals surface area (Å²) >= 11 is 0. The lowest BCUT2D eigenvalue weighted by molar-refractivity contribution is 0.0711. The number of hydrogen-bond donors (Lipinski definition) is 2. The summed E-state index contributed by atoms with van der Waals surface area (Å²) in [5.41, 5.74) is -0.0178. The van der Waals surface area contributed by atoms with Crippen LogP contribution in [0.2, 0.25) is 0 Å². The van der Waals surface area contributed by atoms with Gasteiger partial charge in [0.2, 0.25) is 0 Å². The van der Waals surface area contributed by atoms with Crippen molar-refractivity contribution in [3.8, 4) is 0 Å². The Morgan fingerprint density at radius 3 is 2.50 bits per heavy atom. The van der Waals surface area contributed by atoms with Gasteiger partial charge in [0.1, 0.15) is 0 Å². The predicted molar refractivity (Wildman–Crippen MR) is 59.0 cm³/mol.